The molecule has 88 valence electrons. The summed E-state index contributed by atoms with van der Waals surface area (Å²) in [6.07, 6.45) is 6.22. The Kier molecular flexibility index (Phi) is 4.30. The molecule has 1 aromatic rings. The van der Waals surface area contributed by atoms with Crippen LogP contribution >= 0.6 is 12.8 Å². The normalized spacial score (nSPS) is 22.2. The Morgan fingerprint density at radius 3 is 2.50 bits per heavy atom. The van der Waals surface area contributed by atoms with Gasteiger partial charge < -0.3 is 0 Å². The molecule has 1 atom stereocenters. The second-order valence-electron chi connectivity index (χ2n) is 4.69. The fourth-order valence-electron chi connectivity index (χ4n) is 2.38. The molecule has 0 bridgehead atoms. The van der Waals surface area contributed by atoms with Gasteiger partial charge in [0.25, 0.3) is 0 Å². The van der Waals surface area contributed by atoms with Crippen LogP contribution in [0.1, 0.15) is 37.3 Å². The SMILES string of the molecule is CCc1ccc(CC2CCCCN2S)cc1. The van der Waals surface area contributed by atoms with Crippen molar-refractivity contribution in [2.45, 2.75) is 45.1 Å². The number of aryl methyl sites for hydroxylation is 1. The van der Waals surface area contributed by atoms with Gasteiger partial charge in [-0.05, 0) is 36.8 Å². The first kappa shape index (κ1) is 12.0. The fraction of sp³-hybridized carbons (Fsp3) is 0.571. The minimum absolute atomic E-state index is 0.629. The molecule has 0 aromatic heterocycles. The summed E-state index contributed by atoms with van der Waals surface area (Å²) in [6.45, 7) is 3.34. The molecule has 1 nitrogen and oxygen atoms in total. The van der Waals surface area contributed by atoms with Crippen LogP contribution in [0.4, 0.5) is 0 Å². The number of hydrogen-bond acceptors (Lipinski definition) is 2. The highest BCUT2D eigenvalue weighted by molar-refractivity contribution is 7.77. The molecule has 0 spiro atoms. The Morgan fingerprint density at radius 2 is 1.88 bits per heavy atom. The van der Waals surface area contributed by atoms with E-state index < -0.39 is 0 Å². The van der Waals surface area contributed by atoms with Gasteiger partial charge in [-0.15, -0.1) is 0 Å². The van der Waals surface area contributed by atoms with Gasteiger partial charge in [-0.1, -0.05) is 50.4 Å². The molecule has 0 saturated carbocycles. The maximum Gasteiger partial charge on any atom is 0.0240 e. The lowest BCUT2D eigenvalue weighted by Crippen LogP contribution is -2.33. The number of hydrogen-bond donors (Lipinski definition) is 1. The Balaban J connectivity index is 1.96. The van der Waals surface area contributed by atoms with Crippen molar-refractivity contribution in [3.05, 3.63) is 35.4 Å². The predicted molar refractivity (Wildman–Crippen MR) is 72.9 cm³/mol. The molecule has 0 N–H and O–H groups in total. The van der Waals surface area contributed by atoms with Gasteiger partial charge in [0.1, 0.15) is 0 Å². The summed E-state index contributed by atoms with van der Waals surface area (Å²) in [6, 6.07) is 9.68. The molecule has 1 aromatic carbocycles. The largest absolute Gasteiger partial charge is 0.250 e. The Bertz CT molecular complexity index is 320. The molecule has 2 rings (SSSR count). The molecule has 1 aliphatic heterocycles. The molecule has 0 amide bonds. The van der Waals surface area contributed by atoms with Crippen molar-refractivity contribution >= 4 is 12.8 Å². The van der Waals surface area contributed by atoms with E-state index in [1.807, 2.05) is 0 Å². The lowest BCUT2D eigenvalue weighted by Gasteiger charge is -2.31. The molecule has 1 fully saturated rings. The second kappa shape index (κ2) is 5.74. The summed E-state index contributed by atoms with van der Waals surface area (Å²) in [5, 5.41) is 0. The summed E-state index contributed by atoms with van der Waals surface area (Å²) >= 11 is 4.56. The lowest BCUT2D eigenvalue weighted by atomic mass is 9.97. The van der Waals surface area contributed by atoms with Gasteiger partial charge in [0.2, 0.25) is 0 Å². The van der Waals surface area contributed by atoms with Crippen molar-refractivity contribution in [2.24, 2.45) is 0 Å². The summed E-state index contributed by atoms with van der Waals surface area (Å²) in [5.74, 6) is 0. The van der Waals surface area contributed by atoms with Crippen molar-refractivity contribution in [3.8, 4) is 0 Å². The zero-order valence-corrected chi connectivity index (χ0v) is 10.9. The number of thiol groups is 1. The summed E-state index contributed by atoms with van der Waals surface area (Å²) < 4.78 is 2.22. The van der Waals surface area contributed by atoms with Crippen LogP contribution in [0, 0.1) is 0 Å². The summed E-state index contributed by atoms with van der Waals surface area (Å²) in [4.78, 5) is 0. The molecule has 1 aliphatic rings. The van der Waals surface area contributed by atoms with Gasteiger partial charge in [0, 0.05) is 12.6 Å². The molecule has 16 heavy (non-hydrogen) atoms. The van der Waals surface area contributed by atoms with Gasteiger partial charge in [-0.3, -0.25) is 0 Å². The average molecular weight is 235 g/mol. The molecule has 1 unspecified atom stereocenters. The first-order chi connectivity index (χ1) is 7.79. The van der Waals surface area contributed by atoms with E-state index in [-0.39, 0.29) is 0 Å². The van der Waals surface area contributed by atoms with Crippen LogP contribution < -0.4 is 0 Å². The number of benzene rings is 1. The van der Waals surface area contributed by atoms with Crippen LogP contribution in [0.3, 0.4) is 0 Å². The zero-order valence-electron chi connectivity index (χ0n) is 10.0. The molecule has 0 aliphatic carbocycles. The second-order valence-corrected chi connectivity index (χ2v) is 5.20. The maximum atomic E-state index is 4.56. The fourth-order valence-corrected chi connectivity index (χ4v) is 2.71. The van der Waals surface area contributed by atoms with Gasteiger partial charge in [-0.2, -0.15) is 0 Å². The maximum absolute atomic E-state index is 4.56. The van der Waals surface area contributed by atoms with Crippen LogP contribution in [0.15, 0.2) is 24.3 Å². The predicted octanol–water partition coefficient (Wildman–Crippen LogP) is 3.49. The van der Waals surface area contributed by atoms with Crippen molar-refractivity contribution < 1.29 is 0 Å². The minimum Gasteiger partial charge on any atom is -0.250 e. The van der Waals surface area contributed by atoms with Crippen LogP contribution in [0.2, 0.25) is 0 Å². The van der Waals surface area contributed by atoms with Crippen LogP contribution in [-0.4, -0.2) is 16.9 Å². The van der Waals surface area contributed by atoms with Crippen molar-refractivity contribution in [1.82, 2.24) is 4.31 Å². The first-order valence-electron chi connectivity index (χ1n) is 6.33. The Hall–Kier alpha value is -0.470. The number of rotatable bonds is 3. The molecule has 1 saturated heterocycles. The van der Waals surface area contributed by atoms with Crippen LogP contribution in [0.25, 0.3) is 0 Å². The summed E-state index contributed by atoms with van der Waals surface area (Å²) in [5.41, 5.74) is 2.87. The standard InChI is InChI=1S/C14H21NS/c1-2-12-6-8-13(9-7-12)11-14-5-3-4-10-15(14)16/h6-9,14,16H,2-5,10-11H2,1H3. The average Bonchev–Trinajstić information content (AvgIpc) is 2.33. The van der Waals surface area contributed by atoms with Gasteiger partial charge in [0.15, 0.2) is 0 Å². The highest BCUT2D eigenvalue weighted by Gasteiger charge is 2.19. The molecular formula is C14H21NS. The topological polar surface area (TPSA) is 3.24 Å². The molecule has 0 radical (unpaired) electrons. The van der Waals surface area contributed by atoms with E-state index in [0.29, 0.717) is 6.04 Å². The highest BCUT2D eigenvalue weighted by Crippen LogP contribution is 2.22. The molecule has 2 heteroatoms. The lowest BCUT2D eigenvalue weighted by molar-refractivity contribution is 0.276. The van der Waals surface area contributed by atoms with Crippen molar-refractivity contribution in [3.63, 3.8) is 0 Å². The van der Waals surface area contributed by atoms with Crippen LogP contribution in [-0.2, 0) is 12.8 Å². The monoisotopic (exact) mass is 235 g/mol. The Morgan fingerprint density at radius 1 is 1.19 bits per heavy atom. The third-order valence-corrected chi connectivity index (χ3v) is 4.03. The number of nitrogens with zero attached hydrogens (tertiary/aromatic N) is 1. The first-order valence-corrected chi connectivity index (χ1v) is 6.73. The van der Waals surface area contributed by atoms with Gasteiger partial charge in [0.05, 0.1) is 0 Å². The van der Waals surface area contributed by atoms with E-state index in [4.69, 9.17) is 0 Å². The highest BCUT2D eigenvalue weighted by atomic mass is 32.1. The van der Waals surface area contributed by atoms with Gasteiger partial charge >= 0.3 is 0 Å². The van der Waals surface area contributed by atoms with E-state index in [1.54, 1.807) is 0 Å². The van der Waals surface area contributed by atoms with E-state index >= 15 is 0 Å². The Labute approximate surface area is 104 Å². The molecular weight excluding hydrogens is 214 g/mol. The molecule has 1 heterocycles. The smallest absolute Gasteiger partial charge is 0.0240 e. The van der Waals surface area contributed by atoms with E-state index in [2.05, 4.69) is 48.3 Å². The number of piperidine rings is 1. The van der Waals surface area contributed by atoms with Crippen molar-refractivity contribution in [2.75, 3.05) is 6.54 Å². The zero-order chi connectivity index (χ0) is 11.4. The summed E-state index contributed by atoms with van der Waals surface area (Å²) in [7, 11) is 0. The van der Waals surface area contributed by atoms with Crippen molar-refractivity contribution in [1.29, 1.82) is 0 Å². The minimum atomic E-state index is 0.629. The third-order valence-electron chi connectivity index (χ3n) is 3.50. The van der Waals surface area contributed by atoms with Gasteiger partial charge in [-0.25, -0.2) is 4.31 Å². The van der Waals surface area contributed by atoms with E-state index in [0.717, 1.165) is 19.4 Å². The quantitative estimate of drug-likeness (QED) is 0.785. The van der Waals surface area contributed by atoms with E-state index in [1.165, 1.54) is 30.4 Å². The van der Waals surface area contributed by atoms with E-state index in [9.17, 15) is 0 Å². The third kappa shape index (κ3) is 3.02. The van der Waals surface area contributed by atoms with Crippen LogP contribution in [0.5, 0.6) is 0 Å².